The minimum atomic E-state index is -0.255. The lowest BCUT2D eigenvalue weighted by atomic mass is 10.3. The molecule has 0 bridgehead atoms. The summed E-state index contributed by atoms with van der Waals surface area (Å²) >= 11 is 0. The Hall–Kier alpha value is -3.23. The summed E-state index contributed by atoms with van der Waals surface area (Å²) in [7, 11) is 0. The van der Waals surface area contributed by atoms with Crippen LogP contribution in [0.1, 0.15) is 25.4 Å². The van der Waals surface area contributed by atoms with Crippen molar-refractivity contribution < 1.29 is 4.39 Å². The van der Waals surface area contributed by atoms with Gasteiger partial charge in [0.25, 0.3) is 0 Å². The first kappa shape index (κ1) is 20.5. The number of aryl methyl sites for hydroxylation is 1. The SMILES string of the molecule is CCNC(=NCCc1ccn(-c2ccc(F)cc2)n1)NCCn1cnnc1CC. The van der Waals surface area contributed by atoms with Gasteiger partial charge in [-0.3, -0.25) is 4.99 Å². The first-order chi connectivity index (χ1) is 14.2. The molecule has 0 unspecified atom stereocenters. The van der Waals surface area contributed by atoms with E-state index in [0.29, 0.717) is 6.54 Å². The molecule has 154 valence electrons. The van der Waals surface area contributed by atoms with Crippen molar-refractivity contribution in [2.75, 3.05) is 19.6 Å². The minimum Gasteiger partial charge on any atom is -0.357 e. The smallest absolute Gasteiger partial charge is 0.191 e. The first-order valence-electron chi connectivity index (χ1n) is 9.89. The van der Waals surface area contributed by atoms with E-state index in [1.54, 1.807) is 23.1 Å². The van der Waals surface area contributed by atoms with Crippen LogP contribution >= 0.6 is 0 Å². The third-order valence-corrected chi connectivity index (χ3v) is 4.37. The quantitative estimate of drug-likeness (QED) is 0.425. The second-order valence-corrected chi connectivity index (χ2v) is 6.46. The Kier molecular flexibility index (Phi) is 7.32. The van der Waals surface area contributed by atoms with Crippen LogP contribution in [0.2, 0.25) is 0 Å². The molecule has 3 aromatic rings. The molecule has 2 N–H and O–H groups in total. The number of guanidine groups is 1. The molecule has 0 aliphatic carbocycles. The highest BCUT2D eigenvalue weighted by atomic mass is 19.1. The molecule has 2 aromatic heterocycles. The van der Waals surface area contributed by atoms with Gasteiger partial charge in [-0.1, -0.05) is 6.92 Å². The molecule has 2 heterocycles. The fourth-order valence-electron chi connectivity index (χ4n) is 2.89. The highest BCUT2D eigenvalue weighted by molar-refractivity contribution is 5.79. The van der Waals surface area contributed by atoms with Crippen molar-refractivity contribution in [2.24, 2.45) is 4.99 Å². The van der Waals surface area contributed by atoms with E-state index < -0.39 is 0 Å². The lowest BCUT2D eigenvalue weighted by Gasteiger charge is -2.12. The minimum absolute atomic E-state index is 0.255. The standard InChI is InChI=1S/C20H27FN8/c1-3-19-26-25-15-28(19)14-12-24-20(22-4-2)23-11-9-17-10-13-29(27-17)18-7-5-16(21)6-8-18/h5-8,10,13,15H,3-4,9,11-12,14H2,1-2H3,(H2,22,23,24). The lowest BCUT2D eigenvalue weighted by molar-refractivity contribution is 0.627. The number of aliphatic imine (C=N–C) groups is 1. The van der Waals surface area contributed by atoms with Crippen LogP contribution in [0, 0.1) is 5.82 Å². The van der Waals surface area contributed by atoms with Crippen molar-refractivity contribution in [3.8, 4) is 5.69 Å². The van der Waals surface area contributed by atoms with Gasteiger partial charge in [0, 0.05) is 45.2 Å². The van der Waals surface area contributed by atoms with E-state index in [9.17, 15) is 4.39 Å². The number of halogens is 1. The highest BCUT2D eigenvalue weighted by Crippen LogP contribution is 2.09. The van der Waals surface area contributed by atoms with E-state index in [1.807, 2.05) is 23.8 Å². The van der Waals surface area contributed by atoms with Gasteiger partial charge >= 0.3 is 0 Å². The van der Waals surface area contributed by atoms with Crippen molar-refractivity contribution in [2.45, 2.75) is 33.2 Å². The topological polar surface area (TPSA) is 85.0 Å². The molecule has 0 atom stereocenters. The van der Waals surface area contributed by atoms with Crippen LogP contribution < -0.4 is 10.6 Å². The van der Waals surface area contributed by atoms with Gasteiger partial charge in [0.2, 0.25) is 0 Å². The van der Waals surface area contributed by atoms with Gasteiger partial charge in [-0.15, -0.1) is 10.2 Å². The van der Waals surface area contributed by atoms with E-state index in [2.05, 4.69) is 37.8 Å². The van der Waals surface area contributed by atoms with Gasteiger partial charge in [-0.05, 0) is 37.3 Å². The van der Waals surface area contributed by atoms with Gasteiger partial charge in [-0.25, -0.2) is 9.07 Å². The molecule has 0 fully saturated rings. The summed E-state index contributed by atoms with van der Waals surface area (Å²) in [5.41, 5.74) is 1.77. The zero-order valence-electron chi connectivity index (χ0n) is 16.8. The van der Waals surface area contributed by atoms with Gasteiger partial charge in [-0.2, -0.15) is 5.10 Å². The number of hydrogen-bond donors (Lipinski definition) is 2. The number of hydrogen-bond acceptors (Lipinski definition) is 4. The Labute approximate surface area is 169 Å². The Balaban J connectivity index is 1.50. The molecular weight excluding hydrogens is 371 g/mol. The molecule has 8 nitrogen and oxygen atoms in total. The molecule has 0 aliphatic rings. The van der Waals surface area contributed by atoms with Gasteiger partial charge in [0.05, 0.1) is 11.4 Å². The van der Waals surface area contributed by atoms with Crippen LogP contribution in [0.15, 0.2) is 47.8 Å². The first-order valence-corrected chi connectivity index (χ1v) is 9.89. The maximum atomic E-state index is 13.1. The van der Waals surface area contributed by atoms with E-state index in [1.165, 1.54) is 12.1 Å². The highest BCUT2D eigenvalue weighted by Gasteiger charge is 2.04. The van der Waals surface area contributed by atoms with Crippen molar-refractivity contribution in [3.63, 3.8) is 0 Å². The van der Waals surface area contributed by atoms with E-state index >= 15 is 0 Å². The molecular formula is C20H27FN8. The number of nitrogens with zero attached hydrogens (tertiary/aromatic N) is 6. The third kappa shape index (κ3) is 5.87. The van der Waals surface area contributed by atoms with E-state index in [0.717, 1.165) is 55.6 Å². The summed E-state index contributed by atoms with van der Waals surface area (Å²) in [6, 6.07) is 8.23. The molecule has 1 aromatic carbocycles. The molecule has 9 heteroatoms. The van der Waals surface area contributed by atoms with Crippen molar-refractivity contribution >= 4 is 5.96 Å². The van der Waals surface area contributed by atoms with Crippen molar-refractivity contribution in [3.05, 3.63) is 60.2 Å². The predicted molar refractivity (Wildman–Crippen MR) is 111 cm³/mol. The summed E-state index contributed by atoms with van der Waals surface area (Å²) < 4.78 is 16.8. The zero-order chi connectivity index (χ0) is 20.5. The second kappa shape index (κ2) is 10.4. The van der Waals surface area contributed by atoms with E-state index in [-0.39, 0.29) is 5.82 Å². The van der Waals surface area contributed by atoms with Crippen LogP contribution in [-0.2, 0) is 19.4 Å². The van der Waals surface area contributed by atoms with Crippen molar-refractivity contribution in [1.29, 1.82) is 0 Å². The van der Waals surface area contributed by atoms with Crippen LogP contribution in [0.4, 0.5) is 4.39 Å². The molecule has 29 heavy (non-hydrogen) atoms. The molecule has 0 saturated heterocycles. The summed E-state index contributed by atoms with van der Waals surface area (Å²) in [5, 5.41) is 19.2. The molecule has 0 aliphatic heterocycles. The largest absolute Gasteiger partial charge is 0.357 e. The molecule has 0 amide bonds. The van der Waals surface area contributed by atoms with Gasteiger partial charge < -0.3 is 15.2 Å². The van der Waals surface area contributed by atoms with Crippen LogP contribution in [0.25, 0.3) is 5.69 Å². The Morgan fingerprint density at radius 2 is 1.97 bits per heavy atom. The number of benzene rings is 1. The normalized spacial score (nSPS) is 11.6. The Morgan fingerprint density at radius 3 is 2.72 bits per heavy atom. The number of nitrogens with one attached hydrogen (secondary N) is 2. The zero-order valence-corrected chi connectivity index (χ0v) is 16.8. The summed E-state index contributed by atoms with van der Waals surface area (Å²) in [4.78, 5) is 4.62. The molecule has 0 saturated carbocycles. The second-order valence-electron chi connectivity index (χ2n) is 6.46. The lowest BCUT2D eigenvalue weighted by Crippen LogP contribution is -2.39. The molecule has 3 rings (SSSR count). The maximum Gasteiger partial charge on any atom is 0.191 e. The summed E-state index contributed by atoms with van der Waals surface area (Å²) in [5.74, 6) is 1.50. The van der Waals surface area contributed by atoms with Crippen LogP contribution in [0.5, 0.6) is 0 Å². The van der Waals surface area contributed by atoms with Crippen LogP contribution in [0.3, 0.4) is 0 Å². The van der Waals surface area contributed by atoms with Crippen molar-refractivity contribution in [1.82, 2.24) is 35.2 Å². The number of aromatic nitrogens is 5. The summed E-state index contributed by atoms with van der Waals surface area (Å²) in [6.45, 7) is 7.02. The number of rotatable bonds is 9. The van der Waals surface area contributed by atoms with Crippen LogP contribution in [-0.4, -0.2) is 50.1 Å². The maximum absolute atomic E-state index is 13.1. The predicted octanol–water partition coefficient (Wildman–Crippen LogP) is 1.96. The third-order valence-electron chi connectivity index (χ3n) is 4.37. The van der Waals surface area contributed by atoms with E-state index in [4.69, 9.17) is 0 Å². The molecule has 0 radical (unpaired) electrons. The Morgan fingerprint density at radius 1 is 1.14 bits per heavy atom. The van der Waals surface area contributed by atoms with Gasteiger partial charge in [0.15, 0.2) is 5.96 Å². The average molecular weight is 398 g/mol. The van der Waals surface area contributed by atoms with Gasteiger partial charge in [0.1, 0.15) is 18.0 Å². The fraction of sp³-hybridized carbons (Fsp3) is 0.400. The monoisotopic (exact) mass is 398 g/mol. The fourth-order valence-corrected chi connectivity index (χ4v) is 2.89. The molecule has 0 spiro atoms. The Bertz CT molecular complexity index is 913. The summed E-state index contributed by atoms with van der Waals surface area (Å²) in [6.07, 6.45) is 5.21. The average Bonchev–Trinajstić information content (AvgIpc) is 3.38.